The number of hydrogen-bond donors (Lipinski definition) is 1. The lowest BCUT2D eigenvalue weighted by atomic mass is 10.1. The Kier molecular flexibility index (Phi) is 6.56. The van der Waals surface area contributed by atoms with E-state index in [1.165, 1.54) is 0 Å². The van der Waals surface area contributed by atoms with E-state index in [1.807, 2.05) is 10.8 Å². The van der Waals surface area contributed by atoms with E-state index >= 15 is 0 Å². The van der Waals surface area contributed by atoms with Gasteiger partial charge in [-0.15, -0.1) is 0 Å². The number of hydrogen-bond acceptors (Lipinski definition) is 3. The molecule has 0 saturated heterocycles. The Labute approximate surface area is 115 Å². The minimum Gasteiger partial charge on any atom is -0.393 e. The predicted octanol–water partition coefficient (Wildman–Crippen LogP) is 1.84. The van der Waals surface area contributed by atoms with Crippen LogP contribution in [0.3, 0.4) is 0 Å². The highest BCUT2D eigenvalue weighted by atomic mass is 16.3. The molecule has 19 heavy (non-hydrogen) atoms. The Balaban J connectivity index is 2.51. The standard InChI is InChI=1S/C14H25N3O2/c1-4-5-13(17-9-7-15-11-17)10-14(19)16(3)8-6-12(2)18/h7,9,11-13,18H,4-6,8,10H2,1-3H3. The minimum absolute atomic E-state index is 0.118. The first-order valence-electron chi connectivity index (χ1n) is 6.94. The molecule has 1 N–H and O–H groups in total. The third-order valence-electron chi connectivity index (χ3n) is 3.29. The SMILES string of the molecule is CCCC(CC(=O)N(C)CCC(C)O)n1ccnc1. The summed E-state index contributed by atoms with van der Waals surface area (Å²) in [6, 6.07) is 0.175. The fourth-order valence-electron chi connectivity index (χ4n) is 2.04. The van der Waals surface area contributed by atoms with Crippen molar-refractivity contribution in [1.82, 2.24) is 14.5 Å². The van der Waals surface area contributed by atoms with Gasteiger partial charge in [0.05, 0.1) is 12.4 Å². The fourth-order valence-corrected chi connectivity index (χ4v) is 2.04. The number of rotatable bonds is 8. The van der Waals surface area contributed by atoms with Crippen molar-refractivity contribution in [3.8, 4) is 0 Å². The Morgan fingerprint density at radius 2 is 2.21 bits per heavy atom. The second kappa shape index (κ2) is 7.94. The second-order valence-electron chi connectivity index (χ2n) is 5.11. The van der Waals surface area contributed by atoms with Gasteiger partial charge in [0.1, 0.15) is 0 Å². The highest BCUT2D eigenvalue weighted by Gasteiger charge is 2.17. The molecule has 1 aromatic rings. The maximum absolute atomic E-state index is 12.1. The molecular weight excluding hydrogens is 242 g/mol. The molecule has 0 bridgehead atoms. The van der Waals surface area contributed by atoms with Gasteiger partial charge in [-0.05, 0) is 19.8 Å². The average molecular weight is 267 g/mol. The molecule has 0 aliphatic heterocycles. The van der Waals surface area contributed by atoms with Gasteiger partial charge < -0.3 is 14.6 Å². The molecule has 108 valence electrons. The van der Waals surface area contributed by atoms with Crippen LogP contribution in [0.2, 0.25) is 0 Å². The summed E-state index contributed by atoms with van der Waals surface area (Å²) in [5, 5.41) is 9.25. The van der Waals surface area contributed by atoms with E-state index in [-0.39, 0.29) is 18.1 Å². The summed E-state index contributed by atoms with van der Waals surface area (Å²) in [6.07, 6.45) is 8.15. The van der Waals surface area contributed by atoms with E-state index in [2.05, 4.69) is 11.9 Å². The van der Waals surface area contributed by atoms with Gasteiger partial charge in [0.2, 0.25) is 5.91 Å². The first-order valence-corrected chi connectivity index (χ1v) is 6.94. The molecule has 0 fully saturated rings. The number of carbonyl (C=O) groups excluding carboxylic acids is 1. The maximum atomic E-state index is 12.1. The van der Waals surface area contributed by atoms with Gasteiger partial charge in [-0.25, -0.2) is 4.98 Å². The van der Waals surface area contributed by atoms with E-state index in [4.69, 9.17) is 0 Å². The fraction of sp³-hybridized carbons (Fsp3) is 0.714. The smallest absolute Gasteiger partial charge is 0.224 e. The van der Waals surface area contributed by atoms with E-state index < -0.39 is 0 Å². The minimum atomic E-state index is -0.365. The molecule has 1 heterocycles. The zero-order valence-electron chi connectivity index (χ0n) is 12.1. The maximum Gasteiger partial charge on any atom is 0.224 e. The number of aliphatic hydroxyl groups is 1. The molecule has 0 aromatic carbocycles. The Bertz CT molecular complexity index is 363. The van der Waals surface area contributed by atoms with Gasteiger partial charge in [-0.2, -0.15) is 0 Å². The molecule has 0 radical (unpaired) electrons. The molecule has 2 atom stereocenters. The van der Waals surface area contributed by atoms with Crippen molar-refractivity contribution in [2.45, 2.75) is 51.7 Å². The van der Waals surface area contributed by atoms with Gasteiger partial charge in [-0.1, -0.05) is 13.3 Å². The van der Waals surface area contributed by atoms with Crippen LogP contribution in [-0.2, 0) is 4.79 Å². The highest BCUT2D eigenvalue weighted by molar-refractivity contribution is 5.76. The summed E-state index contributed by atoms with van der Waals surface area (Å²) < 4.78 is 2.00. The summed E-state index contributed by atoms with van der Waals surface area (Å²) in [5.74, 6) is 0.118. The normalized spacial score (nSPS) is 14.1. The lowest BCUT2D eigenvalue weighted by molar-refractivity contribution is -0.131. The Hall–Kier alpha value is -1.36. The Morgan fingerprint density at radius 3 is 2.74 bits per heavy atom. The van der Waals surface area contributed by atoms with E-state index in [0.29, 0.717) is 19.4 Å². The van der Waals surface area contributed by atoms with E-state index in [1.54, 1.807) is 31.4 Å². The van der Waals surface area contributed by atoms with Crippen LogP contribution >= 0.6 is 0 Å². The molecule has 0 spiro atoms. The highest BCUT2D eigenvalue weighted by Crippen LogP contribution is 2.18. The van der Waals surface area contributed by atoms with E-state index in [9.17, 15) is 9.90 Å². The van der Waals surface area contributed by atoms with Crippen molar-refractivity contribution in [1.29, 1.82) is 0 Å². The summed E-state index contributed by atoms with van der Waals surface area (Å²) in [4.78, 5) is 17.9. The van der Waals surface area contributed by atoms with Gasteiger partial charge in [-0.3, -0.25) is 4.79 Å². The molecule has 1 amide bonds. The molecular formula is C14H25N3O2. The summed E-state index contributed by atoms with van der Waals surface area (Å²) in [5.41, 5.74) is 0. The molecule has 2 unspecified atom stereocenters. The molecule has 0 aliphatic rings. The molecule has 1 rings (SSSR count). The van der Waals surface area contributed by atoms with Crippen LogP contribution in [0.25, 0.3) is 0 Å². The third kappa shape index (κ3) is 5.42. The first kappa shape index (κ1) is 15.7. The van der Waals surface area contributed by atoms with Crippen LogP contribution in [-0.4, -0.2) is 45.2 Å². The van der Waals surface area contributed by atoms with Crippen LogP contribution < -0.4 is 0 Å². The van der Waals surface area contributed by atoms with Gasteiger partial charge in [0.25, 0.3) is 0 Å². The second-order valence-corrected chi connectivity index (χ2v) is 5.11. The van der Waals surface area contributed by atoms with Crippen molar-refractivity contribution in [3.05, 3.63) is 18.7 Å². The van der Waals surface area contributed by atoms with Crippen LogP contribution in [0.1, 0.15) is 45.6 Å². The largest absolute Gasteiger partial charge is 0.393 e. The number of nitrogens with zero attached hydrogens (tertiary/aromatic N) is 3. The average Bonchev–Trinajstić information content (AvgIpc) is 2.88. The lowest BCUT2D eigenvalue weighted by Gasteiger charge is -2.22. The number of aliphatic hydroxyl groups excluding tert-OH is 1. The van der Waals surface area contributed by atoms with Crippen molar-refractivity contribution >= 4 is 5.91 Å². The summed E-state index contributed by atoms with van der Waals surface area (Å²) in [6.45, 7) is 4.45. The van der Waals surface area contributed by atoms with Crippen LogP contribution in [0.4, 0.5) is 0 Å². The molecule has 0 saturated carbocycles. The monoisotopic (exact) mass is 267 g/mol. The van der Waals surface area contributed by atoms with Crippen LogP contribution in [0, 0.1) is 0 Å². The topological polar surface area (TPSA) is 58.4 Å². The van der Waals surface area contributed by atoms with Crippen molar-refractivity contribution < 1.29 is 9.90 Å². The molecule has 0 aliphatic carbocycles. The summed E-state index contributed by atoms with van der Waals surface area (Å²) in [7, 11) is 1.79. The number of aromatic nitrogens is 2. The van der Waals surface area contributed by atoms with Gasteiger partial charge >= 0.3 is 0 Å². The van der Waals surface area contributed by atoms with Crippen molar-refractivity contribution in [3.63, 3.8) is 0 Å². The lowest BCUT2D eigenvalue weighted by Crippen LogP contribution is -2.31. The third-order valence-corrected chi connectivity index (χ3v) is 3.29. The number of amides is 1. The van der Waals surface area contributed by atoms with Crippen LogP contribution in [0.5, 0.6) is 0 Å². The summed E-state index contributed by atoms with van der Waals surface area (Å²) >= 11 is 0. The molecule has 5 heteroatoms. The Morgan fingerprint density at radius 1 is 1.47 bits per heavy atom. The predicted molar refractivity (Wildman–Crippen MR) is 74.7 cm³/mol. The zero-order chi connectivity index (χ0) is 14.3. The quantitative estimate of drug-likeness (QED) is 0.782. The number of imidazole rings is 1. The van der Waals surface area contributed by atoms with Gasteiger partial charge in [0.15, 0.2) is 0 Å². The van der Waals surface area contributed by atoms with Crippen LogP contribution in [0.15, 0.2) is 18.7 Å². The first-order chi connectivity index (χ1) is 9.04. The zero-order valence-corrected chi connectivity index (χ0v) is 12.1. The molecule has 1 aromatic heterocycles. The van der Waals surface area contributed by atoms with E-state index in [0.717, 1.165) is 12.8 Å². The van der Waals surface area contributed by atoms with Gasteiger partial charge in [0, 0.05) is 38.4 Å². The number of carbonyl (C=O) groups is 1. The van der Waals surface area contributed by atoms with Crippen molar-refractivity contribution in [2.75, 3.05) is 13.6 Å². The van der Waals surface area contributed by atoms with Crippen molar-refractivity contribution in [2.24, 2.45) is 0 Å². The molecule has 5 nitrogen and oxygen atoms in total.